The Morgan fingerprint density at radius 2 is 1.81 bits per heavy atom. The van der Waals surface area contributed by atoms with Crippen molar-refractivity contribution in [1.82, 2.24) is 10.2 Å². The zero-order chi connectivity index (χ0) is 20.2. The maximum absolute atomic E-state index is 12.1. The molecule has 2 amide bonds. The highest BCUT2D eigenvalue weighted by atomic mass is 16.4. The highest BCUT2D eigenvalue weighted by molar-refractivity contribution is 6.38. The van der Waals surface area contributed by atoms with Gasteiger partial charge in [-0.15, -0.1) is 0 Å². The molecule has 0 saturated carbocycles. The summed E-state index contributed by atoms with van der Waals surface area (Å²) < 4.78 is 0. The van der Waals surface area contributed by atoms with E-state index in [-0.39, 0.29) is 6.42 Å². The molecule has 27 heavy (non-hydrogen) atoms. The van der Waals surface area contributed by atoms with Crippen LogP contribution in [0.15, 0.2) is 36.2 Å². The van der Waals surface area contributed by atoms with Crippen molar-refractivity contribution in [2.24, 2.45) is 5.92 Å². The minimum absolute atomic E-state index is 0.222. The van der Waals surface area contributed by atoms with Gasteiger partial charge in [0, 0.05) is 13.0 Å². The summed E-state index contributed by atoms with van der Waals surface area (Å²) in [6.45, 7) is 6.51. The fourth-order valence-corrected chi connectivity index (χ4v) is 2.65. The summed E-state index contributed by atoms with van der Waals surface area (Å²) in [6, 6.07) is 9.72. The Labute approximate surface area is 161 Å². The lowest BCUT2D eigenvalue weighted by Gasteiger charge is -2.22. The number of benzene rings is 1. The molecule has 0 aromatic heterocycles. The zero-order valence-corrected chi connectivity index (χ0v) is 16.4. The Balaban J connectivity index is 0.000000646. The van der Waals surface area contributed by atoms with Gasteiger partial charge in [0.05, 0.1) is 0 Å². The molecule has 1 aliphatic heterocycles. The summed E-state index contributed by atoms with van der Waals surface area (Å²) in [6.07, 6.45) is 6.48. The third-order valence-electron chi connectivity index (χ3n) is 4.36. The largest absolute Gasteiger partial charge is 0.481 e. The van der Waals surface area contributed by atoms with Crippen LogP contribution in [0, 0.1) is 5.92 Å². The molecular formula is C21H30N2O4. The van der Waals surface area contributed by atoms with Crippen molar-refractivity contribution in [1.29, 1.82) is 0 Å². The van der Waals surface area contributed by atoms with E-state index in [1.165, 1.54) is 0 Å². The molecule has 1 fully saturated rings. The molecule has 6 heteroatoms. The van der Waals surface area contributed by atoms with Crippen molar-refractivity contribution in [3.8, 4) is 0 Å². The predicted molar refractivity (Wildman–Crippen MR) is 106 cm³/mol. The quantitative estimate of drug-likeness (QED) is 0.680. The third kappa shape index (κ3) is 7.64. The van der Waals surface area contributed by atoms with E-state index in [9.17, 15) is 14.4 Å². The lowest BCUT2D eigenvalue weighted by Crippen LogP contribution is -2.31. The van der Waals surface area contributed by atoms with E-state index in [0.717, 1.165) is 31.2 Å². The first-order chi connectivity index (χ1) is 12.9. The first kappa shape index (κ1) is 22.4. The molecule has 1 aromatic rings. The molecule has 2 rings (SSSR count). The van der Waals surface area contributed by atoms with E-state index in [4.69, 9.17) is 5.11 Å². The predicted octanol–water partition coefficient (Wildman–Crippen LogP) is 3.64. The smallest absolute Gasteiger partial charge is 0.317 e. The molecule has 148 valence electrons. The number of hydrogen-bond donors (Lipinski definition) is 2. The maximum atomic E-state index is 12.1. The van der Waals surface area contributed by atoms with Crippen LogP contribution in [0.2, 0.25) is 0 Å². The Hall–Kier alpha value is -2.63. The van der Waals surface area contributed by atoms with Crippen LogP contribution >= 0.6 is 0 Å². The number of amides is 2. The van der Waals surface area contributed by atoms with Crippen LogP contribution < -0.4 is 5.32 Å². The van der Waals surface area contributed by atoms with Crippen LogP contribution in [0.25, 0.3) is 6.08 Å². The van der Waals surface area contributed by atoms with Gasteiger partial charge in [-0.2, -0.15) is 0 Å². The lowest BCUT2D eigenvalue weighted by molar-refractivity contribution is -0.140. The van der Waals surface area contributed by atoms with E-state index < -0.39 is 17.8 Å². The summed E-state index contributed by atoms with van der Waals surface area (Å²) in [7, 11) is 0. The van der Waals surface area contributed by atoms with Crippen molar-refractivity contribution < 1.29 is 19.5 Å². The highest BCUT2D eigenvalue weighted by Crippen LogP contribution is 2.20. The number of carboxylic acid groups (broad SMARTS) is 1. The molecular weight excluding hydrogens is 344 g/mol. The Bertz CT molecular complexity index is 655. The van der Waals surface area contributed by atoms with Crippen molar-refractivity contribution >= 4 is 23.9 Å². The minimum atomic E-state index is -0.745. The highest BCUT2D eigenvalue weighted by Gasteiger charge is 2.34. The fourth-order valence-electron chi connectivity index (χ4n) is 2.65. The average Bonchev–Trinajstić information content (AvgIpc) is 2.93. The molecule has 1 heterocycles. The average molecular weight is 374 g/mol. The van der Waals surface area contributed by atoms with Crippen LogP contribution in [0.3, 0.4) is 0 Å². The van der Waals surface area contributed by atoms with Crippen LogP contribution in [-0.4, -0.2) is 34.3 Å². The molecule has 0 bridgehead atoms. The van der Waals surface area contributed by atoms with Gasteiger partial charge in [0.25, 0.3) is 0 Å². The van der Waals surface area contributed by atoms with Crippen molar-refractivity contribution in [3.63, 3.8) is 0 Å². The van der Waals surface area contributed by atoms with Gasteiger partial charge < -0.3 is 10.4 Å². The fraction of sp³-hybridized carbons (Fsp3) is 0.476. The maximum Gasteiger partial charge on any atom is 0.317 e. The number of unbranched alkanes of at least 4 members (excludes halogenated alkanes) is 1. The van der Waals surface area contributed by atoms with Gasteiger partial charge in [-0.05, 0) is 24.0 Å². The number of nitrogens with one attached hydrogen (secondary N) is 1. The minimum Gasteiger partial charge on any atom is -0.481 e. The van der Waals surface area contributed by atoms with E-state index in [1.807, 2.05) is 36.4 Å². The van der Waals surface area contributed by atoms with Gasteiger partial charge >= 0.3 is 17.8 Å². The Kier molecular flexibility index (Phi) is 9.86. The van der Waals surface area contributed by atoms with E-state index >= 15 is 0 Å². The standard InChI is InChI=1S/C18H24N2O2.C3H6O2/c1-3-5-9-14(4-2)13-20-16(19-17(21)18(20)22)12-15-10-7-6-8-11-15;1-2-3(4)5/h6-8,10-12,14H,3-5,9,13H2,1-2H3,(H,19,21);2H2,1H3,(H,4,5). The number of aliphatic carboxylic acids is 1. The first-order valence-corrected chi connectivity index (χ1v) is 9.54. The number of carbonyl (C=O) groups is 3. The second kappa shape index (κ2) is 11.9. The molecule has 0 aliphatic carbocycles. The number of carboxylic acids is 1. The molecule has 1 saturated heterocycles. The summed E-state index contributed by atoms with van der Waals surface area (Å²) in [5.41, 5.74) is 0.971. The SMILES string of the molecule is CCC(=O)O.CCCCC(CC)CN1C(=O)C(=O)NC1=Cc1ccccc1. The van der Waals surface area contributed by atoms with E-state index in [2.05, 4.69) is 19.2 Å². The monoisotopic (exact) mass is 374 g/mol. The topological polar surface area (TPSA) is 86.7 Å². The van der Waals surface area contributed by atoms with Crippen molar-refractivity contribution in [3.05, 3.63) is 41.7 Å². The molecule has 1 unspecified atom stereocenters. The molecule has 1 atom stereocenters. The van der Waals surface area contributed by atoms with Gasteiger partial charge in [-0.1, -0.05) is 70.4 Å². The van der Waals surface area contributed by atoms with Crippen LogP contribution in [0.4, 0.5) is 0 Å². The van der Waals surface area contributed by atoms with E-state index in [0.29, 0.717) is 18.3 Å². The second-order valence-corrected chi connectivity index (χ2v) is 6.47. The molecule has 6 nitrogen and oxygen atoms in total. The summed E-state index contributed by atoms with van der Waals surface area (Å²) in [4.78, 5) is 34.8. The van der Waals surface area contributed by atoms with Crippen LogP contribution in [0.5, 0.6) is 0 Å². The number of hydrogen-bond acceptors (Lipinski definition) is 3. The second-order valence-electron chi connectivity index (χ2n) is 6.47. The normalized spacial score (nSPS) is 16.0. The number of carbonyl (C=O) groups excluding carboxylic acids is 2. The molecule has 1 aromatic carbocycles. The summed E-state index contributed by atoms with van der Waals surface area (Å²) in [5, 5.41) is 10.4. The van der Waals surface area contributed by atoms with Gasteiger partial charge in [0.2, 0.25) is 0 Å². The first-order valence-electron chi connectivity index (χ1n) is 9.54. The summed E-state index contributed by atoms with van der Waals surface area (Å²) >= 11 is 0. The Morgan fingerprint density at radius 3 is 2.33 bits per heavy atom. The van der Waals surface area contributed by atoms with Crippen LogP contribution in [-0.2, 0) is 14.4 Å². The summed E-state index contributed by atoms with van der Waals surface area (Å²) in [5.74, 6) is -0.707. The molecule has 2 N–H and O–H groups in total. The van der Waals surface area contributed by atoms with Gasteiger partial charge in [0.1, 0.15) is 5.82 Å². The lowest BCUT2D eigenvalue weighted by atomic mass is 9.99. The van der Waals surface area contributed by atoms with Crippen LogP contribution in [0.1, 0.15) is 58.4 Å². The van der Waals surface area contributed by atoms with Gasteiger partial charge in [-0.3, -0.25) is 19.3 Å². The molecule has 0 radical (unpaired) electrons. The zero-order valence-electron chi connectivity index (χ0n) is 16.4. The van der Waals surface area contributed by atoms with Crippen molar-refractivity contribution in [2.75, 3.05) is 6.54 Å². The van der Waals surface area contributed by atoms with E-state index in [1.54, 1.807) is 11.8 Å². The number of nitrogens with zero attached hydrogens (tertiary/aromatic N) is 1. The Morgan fingerprint density at radius 1 is 1.19 bits per heavy atom. The molecule has 0 spiro atoms. The third-order valence-corrected chi connectivity index (χ3v) is 4.36. The number of rotatable bonds is 8. The van der Waals surface area contributed by atoms with Gasteiger partial charge in [0.15, 0.2) is 0 Å². The molecule has 1 aliphatic rings. The van der Waals surface area contributed by atoms with Gasteiger partial charge in [-0.25, -0.2) is 0 Å². The van der Waals surface area contributed by atoms with Crippen molar-refractivity contribution in [2.45, 2.75) is 52.9 Å².